The Morgan fingerprint density at radius 1 is 0.853 bits per heavy atom. The van der Waals surface area contributed by atoms with Crippen LogP contribution in [-0.4, -0.2) is 57.1 Å². The number of ether oxygens (including phenoxy) is 2. The van der Waals surface area contributed by atoms with Crippen LogP contribution >= 0.6 is 11.6 Å². The van der Waals surface area contributed by atoms with Gasteiger partial charge in [0.05, 0.1) is 24.9 Å². The van der Waals surface area contributed by atoms with Crippen LogP contribution in [0.3, 0.4) is 0 Å². The molecule has 2 amide bonds. The molecule has 0 bridgehead atoms. The number of rotatable bonds is 6. The molecule has 1 saturated heterocycles. The monoisotopic (exact) mass is 479 g/mol. The van der Waals surface area contributed by atoms with Crippen LogP contribution in [0.4, 0.5) is 11.4 Å². The van der Waals surface area contributed by atoms with Crippen LogP contribution < -0.4 is 19.7 Å². The first-order valence-corrected chi connectivity index (χ1v) is 11.3. The molecule has 34 heavy (non-hydrogen) atoms. The lowest BCUT2D eigenvalue weighted by Crippen LogP contribution is -2.48. The third kappa shape index (κ3) is 4.94. The van der Waals surface area contributed by atoms with E-state index >= 15 is 0 Å². The smallest absolute Gasteiger partial charge is 0.263 e. The van der Waals surface area contributed by atoms with Crippen molar-refractivity contribution in [2.75, 3.05) is 50.6 Å². The highest BCUT2D eigenvalue weighted by Crippen LogP contribution is 2.32. The fourth-order valence-electron chi connectivity index (χ4n) is 4.02. The maximum absolute atomic E-state index is 12.9. The number of hydrogen-bond acceptors (Lipinski definition) is 5. The van der Waals surface area contributed by atoms with Crippen LogP contribution in [0.1, 0.15) is 20.7 Å². The van der Waals surface area contributed by atoms with Gasteiger partial charge in [-0.3, -0.25) is 9.59 Å². The number of benzene rings is 3. The van der Waals surface area contributed by atoms with E-state index in [2.05, 4.69) is 10.2 Å². The van der Waals surface area contributed by atoms with Crippen molar-refractivity contribution in [1.29, 1.82) is 0 Å². The molecule has 0 aliphatic carbocycles. The average molecular weight is 480 g/mol. The standard InChI is InChI=1S/C26H26ClN3O4/c1-33-22-9-6-10-23(34-2)24(22)25(31)28-19-11-12-21(20(27)17-19)29-13-15-30(16-14-29)26(32)18-7-4-3-5-8-18/h3-12,17H,13-16H2,1-2H3,(H,28,31). The quantitative estimate of drug-likeness (QED) is 0.560. The van der Waals surface area contributed by atoms with Crippen LogP contribution in [0, 0.1) is 0 Å². The number of nitrogens with one attached hydrogen (secondary N) is 1. The van der Waals surface area contributed by atoms with Crippen molar-refractivity contribution in [3.05, 3.63) is 82.9 Å². The Hall–Kier alpha value is -3.71. The third-order valence-electron chi connectivity index (χ3n) is 5.79. The van der Waals surface area contributed by atoms with Crippen LogP contribution in [0.5, 0.6) is 11.5 Å². The van der Waals surface area contributed by atoms with Gasteiger partial charge in [0.15, 0.2) is 0 Å². The molecule has 176 valence electrons. The van der Waals surface area contributed by atoms with Gasteiger partial charge in [-0.2, -0.15) is 0 Å². The molecule has 0 spiro atoms. The summed E-state index contributed by atoms with van der Waals surface area (Å²) >= 11 is 6.58. The van der Waals surface area contributed by atoms with E-state index < -0.39 is 0 Å². The minimum absolute atomic E-state index is 0.0381. The van der Waals surface area contributed by atoms with E-state index in [0.717, 1.165) is 5.69 Å². The van der Waals surface area contributed by atoms with Gasteiger partial charge >= 0.3 is 0 Å². The first-order valence-electron chi connectivity index (χ1n) is 10.9. The van der Waals surface area contributed by atoms with Gasteiger partial charge in [-0.25, -0.2) is 0 Å². The maximum Gasteiger partial charge on any atom is 0.263 e. The van der Waals surface area contributed by atoms with Crippen molar-refractivity contribution < 1.29 is 19.1 Å². The SMILES string of the molecule is COc1cccc(OC)c1C(=O)Nc1ccc(N2CCN(C(=O)c3ccccc3)CC2)c(Cl)c1. The molecule has 1 N–H and O–H groups in total. The molecule has 0 aromatic heterocycles. The van der Waals surface area contributed by atoms with Gasteiger partial charge in [0, 0.05) is 37.4 Å². The van der Waals surface area contributed by atoms with Gasteiger partial charge in [0.25, 0.3) is 11.8 Å². The molecule has 8 heteroatoms. The molecule has 3 aromatic rings. The molecule has 7 nitrogen and oxygen atoms in total. The topological polar surface area (TPSA) is 71.1 Å². The number of anilines is 2. The number of halogens is 1. The molecule has 4 rings (SSSR count). The number of nitrogens with zero attached hydrogens (tertiary/aromatic N) is 2. The summed E-state index contributed by atoms with van der Waals surface area (Å²) in [5.74, 6) is 0.521. The zero-order chi connectivity index (χ0) is 24.1. The summed E-state index contributed by atoms with van der Waals surface area (Å²) in [7, 11) is 3.01. The summed E-state index contributed by atoms with van der Waals surface area (Å²) in [4.78, 5) is 29.6. The van der Waals surface area contributed by atoms with E-state index in [1.165, 1.54) is 14.2 Å². The summed E-state index contributed by atoms with van der Waals surface area (Å²) in [5.41, 5.74) is 2.43. The number of piperazine rings is 1. The van der Waals surface area contributed by atoms with Crippen molar-refractivity contribution in [1.82, 2.24) is 4.90 Å². The van der Waals surface area contributed by atoms with Gasteiger partial charge in [-0.05, 0) is 42.5 Å². The molecule has 1 heterocycles. The Balaban J connectivity index is 1.42. The predicted molar refractivity (Wildman–Crippen MR) is 134 cm³/mol. The Kier molecular flexibility index (Phi) is 7.23. The van der Waals surface area contributed by atoms with E-state index in [4.69, 9.17) is 21.1 Å². The lowest BCUT2D eigenvalue weighted by atomic mass is 10.1. The first-order chi connectivity index (χ1) is 16.5. The highest BCUT2D eigenvalue weighted by molar-refractivity contribution is 6.33. The second kappa shape index (κ2) is 10.5. The van der Waals surface area contributed by atoms with E-state index in [1.807, 2.05) is 47.4 Å². The summed E-state index contributed by atoms with van der Waals surface area (Å²) in [6.45, 7) is 2.55. The van der Waals surface area contributed by atoms with Gasteiger partial charge in [0.2, 0.25) is 0 Å². The Bertz CT molecular complexity index is 1160. The minimum atomic E-state index is -0.355. The second-order valence-corrected chi connectivity index (χ2v) is 8.21. The van der Waals surface area contributed by atoms with Crippen LogP contribution in [0.25, 0.3) is 0 Å². The van der Waals surface area contributed by atoms with Gasteiger partial charge in [0.1, 0.15) is 17.1 Å². The summed E-state index contributed by atoms with van der Waals surface area (Å²) in [5, 5.41) is 3.38. The Morgan fingerprint density at radius 3 is 2.09 bits per heavy atom. The van der Waals surface area contributed by atoms with Crippen LogP contribution in [-0.2, 0) is 0 Å². The molecule has 3 aromatic carbocycles. The number of carbonyl (C=O) groups is 2. The molecule has 1 aliphatic rings. The Morgan fingerprint density at radius 2 is 1.50 bits per heavy atom. The zero-order valence-corrected chi connectivity index (χ0v) is 19.8. The number of amides is 2. The van der Waals surface area contributed by atoms with E-state index in [9.17, 15) is 9.59 Å². The second-order valence-electron chi connectivity index (χ2n) is 7.80. The Labute approximate surface area is 203 Å². The average Bonchev–Trinajstić information content (AvgIpc) is 2.88. The minimum Gasteiger partial charge on any atom is -0.496 e. The molecule has 0 radical (unpaired) electrons. The highest BCUT2D eigenvalue weighted by Gasteiger charge is 2.24. The highest BCUT2D eigenvalue weighted by atomic mass is 35.5. The zero-order valence-electron chi connectivity index (χ0n) is 19.1. The number of carbonyl (C=O) groups excluding carboxylic acids is 2. The van der Waals surface area contributed by atoms with Crippen LogP contribution in [0.15, 0.2) is 66.7 Å². The largest absolute Gasteiger partial charge is 0.496 e. The molecule has 0 unspecified atom stereocenters. The lowest BCUT2D eigenvalue weighted by molar-refractivity contribution is 0.0746. The van der Waals surface area contributed by atoms with Crippen molar-refractivity contribution in [3.8, 4) is 11.5 Å². The molecule has 1 aliphatic heterocycles. The molecule has 0 atom stereocenters. The van der Waals surface area contributed by atoms with Crippen molar-refractivity contribution >= 4 is 34.8 Å². The molecular weight excluding hydrogens is 454 g/mol. The fourth-order valence-corrected chi connectivity index (χ4v) is 4.32. The summed E-state index contributed by atoms with van der Waals surface area (Å²) in [6, 6.07) is 19.9. The van der Waals surface area contributed by atoms with Gasteiger partial charge in [-0.15, -0.1) is 0 Å². The van der Waals surface area contributed by atoms with Gasteiger partial charge < -0.3 is 24.6 Å². The molecule has 1 fully saturated rings. The van der Waals surface area contributed by atoms with E-state index in [0.29, 0.717) is 59.5 Å². The van der Waals surface area contributed by atoms with Crippen molar-refractivity contribution in [2.45, 2.75) is 0 Å². The molecule has 0 saturated carbocycles. The fraction of sp³-hybridized carbons (Fsp3) is 0.231. The van der Waals surface area contributed by atoms with Crippen LogP contribution in [0.2, 0.25) is 5.02 Å². The maximum atomic E-state index is 12.9. The van der Waals surface area contributed by atoms with E-state index in [-0.39, 0.29) is 11.8 Å². The van der Waals surface area contributed by atoms with Crippen molar-refractivity contribution in [2.24, 2.45) is 0 Å². The third-order valence-corrected chi connectivity index (χ3v) is 6.09. The van der Waals surface area contributed by atoms with Gasteiger partial charge in [-0.1, -0.05) is 35.9 Å². The summed E-state index contributed by atoms with van der Waals surface area (Å²) in [6.07, 6.45) is 0. The molecular formula is C26H26ClN3O4. The normalized spacial score (nSPS) is 13.4. The van der Waals surface area contributed by atoms with Crippen molar-refractivity contribution in [3.63, 3.8) is 0 Å². The number of hydrogen-bond donors (Lipinski definition) is 1. The number of methoxy groups -OCH3 is 2. The first kappa shape index (κ1) is 23.4. The van der Waals surface area contributed by atoms with E-state index in [1.54, 1.807) is 24.3 Å². The summed E-state index contributed by atoms with van der Waals surface area (Å²) < 4.78 is 10.6. The predicted octanol–water partition coefficient (Wildman–Crippen LogP) is 4.57. The lowest BCUT2D eigenvalue weighted by Gasteiger charge is -2.36.